The maximum absolute atomic E-state index is 13.3. The minimum Gasteiger partial charge on any atom is -0.367 e. The summed E-state index contributed by atoms with van der Waals surface area (Å²) in [5, 5.41) is 10.9. The Labute approximate surface area is 187 Å². The average molecular weight is 428 g/mol. The molecule has 32 heavy (non-hydrogen) atoms. The van der Waals surface area contributed by atoms with Crippen molar-refractivity contribution in [1.82, 2.24) is 20.1 Å². The maximum Gasteiger partial charge on any atom is 0.126 e. The second-order valence-corrected chi connectivity index (χ2v) is 8.28. The molecule has 0 aliphatic carbocycles. The first kappa shape index (κ1) is 20.4. The third-order valence-electron chi connectivity index (χ3n) is 6.03. The number of anilines is 1. The van der Waals surface area contributed by atoms with E-state index in [9.17, 15) is 4.39 Å². The van der Waals surface area contributed by atoms with Crippen LogP contribution in [0.1, 0.15) is 18.4 Å². The van der Waals surface area contributed by atoms with Crippen molar-refractivity contribution in [2.75, 3.05) is 18.4 Å². The fourth-order valence-electron chi connectivity index (χ4n) is 4.30. The van der Waals surface area contributed by atoms with Gasteiger partial charge in [-0.15, -0.1) is 0 Å². The number of H-pyrrole nitrogens is 1. The molecule has 5 nitrogen and oxygen atoms in total. The van der Waals surface area contributed by atoms with Crippen LogP contribution in [0.3, 0.4) is 0 Å². The van der Waals surface area contributed by atoms with Gasteiger partial charge in [0, 0.05) is 43.0 Å². The summed E-state index contributed by atoms with van der Waals surface area (Å²) < 4.78 is 13.3. The fourth-order valence-corrected chi connectivity index (χ4v) is 4.30. The lowest BCUT2D eigenvalue weighted by Crippen LogP contribution is -2.38. The van der Waals surface area contributed by atoms with Crippen LogP contribution in [-0.4, -0.2) is 39.2 Å². The molecular formula is C26H26FN5. The number of aromatic amines is 1. The molecule has 1 aliphatic rings. The smallest absolute Gasteiger partial charge is 0.126 e. The molecule has 0 atom stereocenters. The molecule has 1 aliphatic heterocycles. The van der Waals surface area contributed by atoms with Gasteiger partial charge in [0.05, 0.1) is 11.9 Å². The Morgan fingerprint density at radius 2 is 1.75 bits per heavy atom. The van der Waals surface area contributed by atoms with Crippen LogP contribution in [0.4, 0.5) is 10.2 Å². The lowest BCUT2D eigenvalue weighted by Gasteiger charge is -2.32. The monoisotopic (exact) mass is 427 g/mol. The largest absolute Gasteiger partial charge is 0.367 e. The number of benzene rings is 2. The van der Waals surface area contributed by atoms with Crippen molar-refractivity contribution >= 4 is 5.82 Å². The van der Waals surface area contributed by atoms with Crippen molar-refractivity contribution < 1.29 is 4.39 Å². The second kappa shape index (κ2) is 9.32. The van der Waals surface area contributed by atoms with E-state index in [0.29, 0.717) is 6.04 Å². The van der Waals surface area contributed by atoms with Crippen LogP contribution < -0.4 is 5.32 Å². The Morgan fingerprint density at radius 1 is 0.969 bits per heavy atom. The van der Waals surface area contributed by atoms with Crippen LogP contribution in [0.15, 0.2) is 79.1 Å². The molecule has 3 heterocycles. The summed E-state index contributed by atoms with van der Waals surface area (Å²) in [7, 11) is 0. The Hall–Kier alpha value is -3.51. The number of hydrogen-bond donors (Lipinski definition) is 2. The molecule has 0 saturated carbocycles. The summed E-state index contributed by atoms with van der Waals surface area (Å²) in [6.45, 7) is 3.15. The Balaban J connectivity index is 1.24. The van der Waals surface area contributed by atoms with Crippen molar-refractivity contribution in [2.24, 2.45) is 0 Å². The van der Waals surface area contributed by atoms with E-state index < -0.39 is 0 Å². The summed E-state index contributed by atoms with van der Waals surface area (Å²) in [6.07, 6.45) is 5.81. The number of hydrogen-bond acceptors (Lipinski definition) is 4. The molecule has 0 radical (unpaired) electrons. The number of likely N-dealkylation sites (tertiary alicyclic amines) is 1. The first-order valence-corrected chi connectivity index (χ1v) is 11.0. The summed E-state index contributed by atoms with van der Waals surface area (Å²) in [5.41, 5.74) is 5.13. The quantitative estimate of drug-likeness (QED) is 0.435. The summed E-state index contributed by atoms with van der Waals surface area (Å²) in [6, 6.07) is 21.5. The molecule has 0 spiro atoms. The molecule has 162 valence electrons. The third-order valence-corrected chi connectivity index (χ3v) is 6.03. The number of pyridine rings is 1. The lowest BCUT2D eigenvalue weighted by atomic mass is 10.0. The van der Waals surface area contributed by atoms with E-state index in [2.05, 4.69) is 61.8 Å². The van der Waals surface area contributed by atoms with Crippen molar-refractivity contribution in [3.8, 4) is 22.4 Å². The van der Waals surface area contributed by atoms with Crippen molar-refractivity contribution in [1.29, 1.82) is 0 Å². The van der Waals surface area contributed by atoms with E-state index >= 15 is 0 Å². The minimum atomic E-state index is -0.250. The van der Waals surface area contributed by atoms with Crippen LogP contribution >= 0.6 is 0 Å². The van der Waals surface area contributed by atoms with E-state index in [1.807, 2.05) is 12.3 Å². The van der Waals surface area contributed by atoms with E-state index in [4.69, 9.17) is 0 Å². The molecule has 0 amide bonds. The minimum absolute atomic E-state index is 0.250. The van der Waals surface area contributed by atoms with E-state index in [1.165, 1.54) is 17.7 Å². The normalized spacial score (nSPS) is 15.0. The summed E-state index contributed by atoms with van der Waals surface area (Å²) in [4.78, 5) is 7.05. The second-order valence-electron chi connectivity index (χ2n) is 8.28. The lowest BCUT2D eigenvalue weighted by molar-refractivity contribution is 0.211. The summed E-state index contributed by atoms with van der Waals surface area (Å²) >= 11 is 0. The number of rotatable bonds is 6. The van der Waals surface area contributed by atoms with Crippen LogP contribution in [0.25, 0.3) is 22.4 Å². The highest BCUT2D eigenvalue weighted by Gasteiger charge is 2.20. The molecule has 2 aromatic carbocycles. The zero-order valence-corrected chi connectivity index (χ0v) is 17.8. The number of aromatic nitrogens is 3. The molecule has 5 rings (SSSR count). The predicted octanol–water partition coefficient (Wildman–Crippen LogP) is 5.35. The predicted molar refractivity (Wildman–Crippen MR) is 126 cm³/mol. The molecule has 0 bridgehead atoms. The first-order chi connectivity index (χ1) is 15.7. The average Bonchev–Trinajstić information content (AvgIpc) is 3.32. The Morgan fingerprint density at radius 3 is 2.53 bits per heavy atom. The van der Waals surface area contributed by atoms with E-state index in [-0.39, 0.29) is 5.82 Å². The van der Waals surface area contributed by atoms with Gasteiger partial charge in [0.1, 0.15) is 11.6 Å². The van der Waals surface area contributed by atoms with Crippen molar-refractivity contribution in [3.05, 3.63) is 90.5 Å². The van der Waals surface area contributed by atoms with Gasteiger partial charge in [0.25, 0.3) is 0 Å². The molecule has 6 heteroatoms. The highest BCUT2D eigenvalue weighted by molar-refractivity contribution is 5.81. The van der Waals surface area contributed by atoms with Crippen molar-refractivity contribution in [2.45, 2.75) is 25.4 Å². The third kappa shape index (κ3) is 4.70. The van der Waals surface area contributed by atoms with Gasteiger partial charge in [-0.05, 0) is 60.4 Å². The van der Waals surface area contributed by atoms with Crippen molar-refractivity contribution in [3.63, 3.8) is 0 Å². The number of nitrogens with one attached hydrogen (secondary N) is 2. The van der Waals surface area contributed by atoms with E-state index in [0.717, 1.165) is 60.7 Å². The molecule has 1 saturated heterocycles. The van der Waals surface area contributed by atoms with Crippen LogP contribution in [0.2, 0.25) is 0 Å². The number of halogens is 1. The standard InChI is InChI=1S/C26H26FN5/c27-22-8-6-20(7-9-22)26-24(17-29-31-26)21-10-13-28-25(16-21)30-23-11-14-32(15-12-23)18-19-4-2-1-3-5-19/h1-10,13,16-17,23H,11-12,14-15,18H2,(H,28,30)(H,29,31). The maximum atomic E-state index is 13.3. The molecule has 0 unspecified atom stereocenters. The zero-order valence-electron chi connectivity index (χ0n) is 17.8. The fraction of sp³-hybridized carbons (Fsp3) is 0.231. The molecule has 2 N–H and O–H groups in total. The van der Waals surface area contributed by atoms with Gasteiger partial charge in [-0.2, -0.15) is 5.10 Å². The first-order valence-electron chi connectivity index (χ1n) is 11.0. The van der Waals surface area contributed by atoms with Gasteiger partial charge >= 0.3 is 0 Å². The van der Waals surface area contributed by atoms with Gasteiger partial charge in [-0.1, -0.05) is 30.3 Å². The van der Waals surface area contributed by atoms with Gasteiger partial charge in [-0.3, -0.25) is 10.00 Å². The summed E-state index contributed by atoms with van der Waals surface area (Å²) in [5.74, 6) is 0.621. The van der Waals surface area contributed by atoms with Crippen LogP contribution in [-0.2, 0) is 6.54 Å². The highest BCUT2D eigenvalue weighted by atomic mass is 19.1. The zero-order chi connectivity index (χ0) is 21.8. The topological polar surface area (TPSA) is 56.8 Å². The Kier molecular flexibility index (Phi) is 5.94. The van der Waals surface area contributed by atoms with Gasteiger partial charge in [0.15, 0.2) is 0 Å². The SMILES string of the molecule is Fc1ccc(-c2[nH]ncc2-c2ccnc(NC3CCN(Cc4ccccc4)CC3)c2)cc1. The highest BCUT2D eigenvalue weighted by Crippen LogP contribution is 2.31. The van der Waals surface area contributed by atoms with Gasteiger partial charge < -0.3 is 5.32 Å². The van der Waals surface area contributed by atoms with Gasteiger partial charge in [0.2, 0.25) is 0 Å². The Bertz CT molecular complexity index is 1150. The van der Waals surface area contributed by atoms with E-state index in [1.54, 1.807) is 18.3 Å². The number of piperidine rings is 1. The van der Waals surface area contributed by atoms with Gasteiger partial charge in [-0.25, -0.2) is 9.37 Å². The molecule has 2 aromatic heterocycles. The molecular weight excluding hydrogens is 401 g/mol. The van der Waals surface area contributed by atoms with Crippen LogP contribution in [0, 0.1) is 5.82 Å². The molecule has 4 aromatic rings. The van der Waals surface area contributed by atoms with Crippen LogP contribution in [0.5, 0.6) is 0 Å². The molecule has 1 fully saturated rings. The number of nitrogens with zero attached hydrogens (tertiary/aromatic N) is 3.